The highest BCUT2D eigenvalue weighted by atomic mass is 35.5. The molecular weight excluding hydrogens is 570 g/mol. The number of amides is 1. The third-order valence-corrected chi connectivity index (χ3v) is 8.33. The molecule has 5 N–H and O–H groups in total. The number of benzene rings is 1. The normalized spacial score (nSPS) is 19.9. The Bertz CT molecular complexity index is 1410. The number of alkyl halides is 3. The van der Waals surface area contributed by atoms with Crippen molar-refractivity contribution in [1.82, 2.24) is 29.7 Å². The van der Waals surface area contributed by atoms with Crippen LogP contribution in [-0.4, -0.2) is 80.5 Å². The number of hydrogen-bond donors (Lipinski definition) is 3. The fourth-order valence-corrected chi connectivity index (χ4v) is 6.18. The van der Waals surface area contributed by atoms with Crippen LogP contribution < -0.4 is 16.4 Å². The molecule has 1 amide bonds. The maximum atomic E-state index is 13.2. The van der Waals surface area contributed by atoms with Gasteiger partial charge in [0, 0.05) is 38.3 Å². The summed E-state index contributed by atoms with van der Waals surface area (Å²) in [5.41, 5.74) is 12.2. The third-order valence-electron chi connectivity index (χ3n) is 7.76. The van der Waals surface area contributed by atoms with Gasteiger partial charge in [-0.3, -0.25) is 14.6 Å². The van der Waals surface area contributed by atoms with Gasteiger partial charge >= 0.3 is 6.18 Å². The zero-order valence-electron chi connectivity index (χ0n) is 21.8. The second-order valence-corrected chi connectivity index (χ2v) is 11.0. The van der Waals surface area contributed by atoms with Gasteiger partial charge in [-0.15, -0.1) is 0 Å². The van der Waals surface area contributed by atoms with E-state index in [0.717, 1.165) is 38.9 Å². The molecule has 2 aromatic heterocycles. The van der Waals surface area contributed by atoms with Crippen molar-refractivity contribution in [3.05, 3.63) is 39.4 Å². The summed E-state index contributed by atoms with van der Waals surface area (Å²) in [6.45, 7) is 6.40. The van der Waals surface area contributed by atoms with E-state index in [1.54, 1.807) is 12.1 Å². The molecule has 3 aromatic rings. The lowest BCUT2D eigenvalue weighted by Gasteiger charge is -2.47. The highest BCUT2D eigenvalue weighted by molar-refractivity contribution is 6.35. The van der Waals surface area contributed by atoms with E-state index in [-0.39, 0.29) is 38.8 Å². The lowest BCUT2D eigenvalue weighted by molar-refractivity contribution is -0.144. The molecule has 216 valence electrons. The number of nitrogen functional groups attached to an aromatic ring is 1. The van der Waals surface area contributed by atoms with Gasteiger partial charge in [0.25, 0.3) is 5.91 Å². The molecule has 15 heteroatoms. The van der Waals surface area contributed by atoms with Crippen LogP contribution in [0.3, 0.4) is 0 Å². The van der Waals surface area contributed by atoms with Crippen molar-refractivity contribution >= 4 is 51.8 Å². The summed E-state index contributed by atoms with van der Waals surface area (Å²) < 4.78 is 39.7. The maximum absolute atomic E-state index is 13.2. The van der Waals surface area contributed by atoms with E-state index in [9.17, 15) is 18.0 Å². The van der Waals surface area contributed by atoms with E-state index in [0.29, 0.717) is 37.1 Å². The second kappa shape index (κ2) is 11.2. The van der Waals surface area contributed by atoms with Gasteiger partial charge in [-0.25, -0.2) is 15.0 Å². The van der Waals surface area contributed by atoms with Gasteiger partial charge in [0.15, 0.2) is 22.5 Å². The van der Waals surface area contributed by atoms with E-state index in [1.165, 1.54) is 0 Å². The first-order chi connectivity index (χ1) is 19.0. The maximum Gasteiger partial charge on any atom is 0.449 e. The molecule has 10 nitrogen and oxygen atoms in total. The Labute approximate surface area is 238 Å². The smallest absolute Gasteiger partial charge is 0.382 e. The summed E-state index contributed by atoms with van der Waals surface area (Å²) in [5.74, 6) is -1.42. The number of likely N-dealkylation sites (tertiary alicyclic amines) is 1. The largest absolute Gasteiger partial charge is 0.449 e. The highest BCUT2D eigenvalue weighted by Gasteiger charge is 2.36. The van der Waals surface area contributed by atoms with Crippen molar-refractivity contribution in [3.8, 4) is 0 Å². The summed E-state index contributed by atoms with van der Waals surface area (Å²) in [7, 11) is 0. The van der Waals surface area contributed by atoms with Crippen molar-refractivity contribution in [3.63, 3.8) is 0 Å². The molecule has 1 atom stereocenters. The number of anilines is 2. The molecule has 0 radical (unpaired) electrons. The predicted molar refractivity (Wildman–Crippen MR) is 147 cm³/mol. The summed E-state index contributed by atoms with van der Waals surface area (Å²) in [4.78, 5) is 32.9. The number of H-pyrrole nitrogens is 1. The number of aromatic nitrogens is 4. The number of piperazine rings is 1. The Kier molecular flexibility index (Phi) is 8.01. The molecule has 1 aromatic carbocycles. The molecule has 0 saturated carbocycles. The topological polar surface area (TPSA) is 133 Å². The SMILES string of the molecule is CCC1CN(c2nc(N)c(C(N)=O)nc2Cl)CCN1C1CCN(Cc2ccc(Cl)c3[nH]c(C(F)(F)F)nc23)CC1. The fourth-order valence-electron chi connectivity index (χ4n) is 5.73. The van der Waals surface area contributed by atoms with E-state index in [4.69, 9.17) is 34.7 Å². The minimum atomic E-state index is -4.57. The Balaban J connectivity index is 1.23. The first kappa shape index (κ1) is 28.7. The van der Waals surface area contributed by atoms with E-state index >= 15 is 0 Å². The monoisotopic (exact) mass is 599 g/mol. The number of hydrogen-bond acceptors (Lipinski definition) is 8. The van der Waals surface area contributed by atoms with Crippen LogP contribution in [0.2, 0.25) is 10.2 Å². The molecule has 0 spiro atoms. The molecule has 0 bridgehead atoms. The number of primary amides is 1. The molecule has 5 rings (SSSR count). The molecule has 2 aliphatic heterocycles. The van der Waals surface area contributed by atoms with Crippen LogP contribution in [0, 0.1) is 0 Å². The molecule has 40 heavy (non-hydrogen) atoms. The van der Waals surface area contributed by atoms with Gasteiger partial charge in [0.1, 0.15) is 0 Å². The lowest BCUT2D eigenvalue weighted by atomic mass is 9.97. The second-order valence-electron chi connectivity index (χ2n) is 10.2. The van der Waals surface area contributed by atoms with Crippen LogP contribution in [-0.2, 0) is 12.7 Å². The van der Waals surface area contributed by atoms with E-state index < -0.39 is 17.9 Å². The number of halogens is 5. The van der Waals surface area contributed by atoms with Crippen molar-refractivity contribution in [2.24, 2.45) is 5.73 Å². The zero-order chi connectivity index (χ0) is 28.8. The summed E-state index contributed by atoms with van der Waals surface area (Å²) >= 11 is 12.5. The van der Waals surface area contributed by atoms with Crippen molar-refractivity contribution in [2.75, 3.05) is 43.4 Å². The summed E-state index contributed by atoms with van der Waals surface area (Å²) in [6.07, 6.45) is -1.79. The number of carbonyl (C=O) groups excluding carboxylic acids is 1. The van der Waals surface area contributed by atoms with Crippen molar-refractivity contribution in [2.45, 2.75) is 51.0 Å². The van der Waals surface area contributed by atoms with Gasteiger partial charge in [-0.05, 0) is 44.0 Å². The number of imidazole rings is 1. The standard InChI is InChI=1S/C25H30Cl2F3N9O/c1-2-14-12-38(23-20(27)33-19(22(32)40)21(31)36-23)9-10-39(14)15-5-7-37(8-6-15)11-13-3-4-16(26)18-17(13)34-24(35-18)25(28,29)30/h3-4,14-15H,2,5-12H2,1H3,(H2,31,36)(H2,32,40)(H,34,35). The summed E-state index contributed by atoms with van der Waals surface area (Å²) in [5, 5.41) is 0.305. The van der Waals surface area contributed by atoms with Crippen LogP contribution in [0.1, 0.15) is 48.1 Å². The number of fused-ring (bicyclic) bond motifs is 1. The molecule has 4 heterocycles. The van der Waals surface area contributed by atoms with E-state index in [2.05, 4.69) is 36.7 Å². The van der Waals surface area contributed by atoms with Crippen LogP contribution in [0.5, 0.6) is 0 Å². The summed E-state index contributed by atoms with van der Waals surface area (Å²) in [6, 6.07) is 3.99. The van der Waals surface area contributed by atoms with Crippen LogP contribution in [0.25, 0.3) is 11.0 Å². The molecule has 2 fully saturated rings. The number of rotatable bonds is 6. The number of aromatic amines is 1. The molecule has 2 aliphatic rings. The number of carbonyl (C=O) groups is 1. The number of nitrogens with one attached hydrogen (secondary N) is 1. The average molecular weight is 600 g/mol. The minimum Gasteiger partial charge on any atom is -0.382 e. The van der Waals surface area contributed by atoms with Crippen molar-refractivity contribution < 1.29 is 18.0 Å². The number of piperidine rings is 1. The van der Waals surface area contributed by atoms with Crippen molar-refractivity contribution in [1.29, 1.82) is 0 Å². The Morgan fingerprint density at radius 3 is 2.50 bits per heavy atom. The van der Waals surface area contributed by atoms with Gasteiger partial charge in [-0.1, -0.05) is 36.2 Å². The zero-order valence-corrected chi connectivity index (χ0v) is 23.3. The van der Waals surface area contributed by atoms with Gasteiger partial charge in [-0.2, -0.15) is 13.2 Å². The molecule has 1 unspecified atom stereocenters. The van der Waals surface area contributed by atoms with Crippen LogP contribution in [0.4, 0.5) is 24.8 Å². The Morgan fingerprint density at radius 2 is 1.85 bits per heavy atom. The first-order valence-electron chi connectivity index (χ1n) is 13.1. The minimum absolute atomic E-state index is 0.0443. The van der Waals surface area contributed by atoms with Gasteiger partial charge in [0.05, 0.1) is 16.1 Å². The van der Waals surface area contributed by atoms with Crippen LogP contribution >= 0.6 is 23.2 Å². The number of nitrogens with zero attached hydrogens (tertiary/aromatic N) is 6. The van der Waals surface area contributed by atoms with Crippen LogP contribution in [0.15, 0.2) is 12.1 Å². The Morgan fingerprint density at radius 1 is 1.12 bits per heavy atom. The average Bonchev–Trinajstić information content (AvgIpc) is 3.39. The number of nitrogens with two attached hydrogens (primary N) is 2. The van der Waals surface area contributed by atoms with E-state index in [1.807, 2.05) is 4.90 Å². The highest BCUT2D eigenvalue weighted by Crippen LogP contribution is 2.34. The predicted octanol–water partition coefficient (Wildman–Crippen LogP) is 3.92. The Hall–Kier alpha value is -2.87. The van der Waals surface area contributed by atoms with Gasteiger partial charge in [0.2, 0.25) is 5.82 Å². The molecule has 2 saturated heterocycles. The lowest BCUT2D eigenvalue weighted by Crippen LogP contribution is -2.58. The third kappa shape index (κ3) is 5.65. The van der Waals surface area contributed by atoms with Gasteiger partial charge < -0.3 is 21.4 Å². The first-order valence-corrected chi connectivity index (χ1v) is 13.8. The molecular formula is C25H30Cl2F3N9O. The molecule has 0 aliphatic carbocycles. The fraction of sp³-hybridized carbons (Fsp3) is 0.520. The quantitative estimate of drug-likeness (QED) is 0.388.